The maximum absolute atomic E-state index is 12.9. The number of benzene rings is 2. The van der Waals surface area contributed by atoms with Gasteiger partial charge in [-0.1, -0.05) is 12.1 Å². The lowest BCUT2D eigenvalue weighted by molar-refractivity contribution is -0.120. The van der Waals surface area contributed by atoms with Crippen molar-refractivity contribution in [3.63, 3.8) is 0 Å². The molecule has 8 nitrogen and oxygen atoms in total. The molecule has 166 valence electrons. The van der Waals surface area contributed by atoms with Crippen molar-refractivity contribution >= 4 is 28.4 Å². The van der Waals surface area contributed by atoms with E-state index in [4.69, 9.17) is 19.2 Å². The Kier molecular flexibility index (Phi) is 5.66. The summed E-state index contributed by atoms with van der Waals surface area (Å²) in [4.78, 5) is 24.5. The predicted molar refractivity (Wildman–Crippen MR) is 122 cm³/mol. The van der Waals surface area contributed by atoms with Crippen LogP contribution in [0.25, 0.3) is 11.0 Å². The van der Waals surface area contributed by atoms with Crippen LogP contribution < -0.4 is 24.4 Å². The Morgan fingerprint density at radius 2 is 1.78 bits per heavy atom. The summed E-state index contributed by atoms with van der Waals surface area (Å²) in [5.41, 5.74) is 2.37. The number of amides is 1. The third-order valence-electron chi connectivity index (χ3n) is 5.78. The summed E-state index contributed by atoms with van der Waals surface area (Å²) < 4.78 is 16.9. The Bertz CT molecular complexity index is 1130. The molecule has 1 amide bonds. The van der Waals surface area contributed by atoms with E-state index in [1.54, 1.807) is 0 Å². The van der Waals surface area contributed by atoms with Crippen LogP contribution in [0.4, 0.5) is 11.5 Å². The fourth-order valence-corrected chi connectivity index (χ4v) is 4.13. The minimum Gasteiger partial charge on any atom is -0.486 e. The van der Waals surface area contributed by atoms with Crippen molar-refractivity contribution in [3.8, 4) is 17.4 Å². The minimum atomic E-state index is -0.0663. The van der Waals surface area contributed by atoms with Crippen molar-refractivity contribution in [1.82, 2.24) is 9.97 Å². The molecular formula is C24H26N4O4. The second kappa shape index (κ2) is 8.90. The van der Waals surface area contributed by atoms with Gasteiger partial charge in [-0.05, 0) is 44.0 Å². The van der Waals surface area contributed by atoms with Gasteiger partial charge in [0.15, 0.2) is 17.3 Å². The summed E-state index contributed by atoms with van der Waals surface area (Å²) in [7, 11) is 0. The number of anilines is 2. The van der Waals surface area contributed by atoms with Gasteiger partial charge in [-0.2, -0.15) is 0 Å². The molecule has 0 spiro atoms. The molecule has 5 rings (SSSR count). The molecular weight excluding hydrogens is 408 g/mol. The van der Waals surface area contributed by atoms with Gasteiger partial charge in [-0.3, -0.25) is 4.79 Å². The summed E-state index contributed by atoms with van der Waals surface area (Å²) in [6.45, 7) is 4.95. The number of rotatable bonds is 5. The van der Waals surface area contributed by atoms with Crippen LogP contribution in [0.5, 0.6) is 17.4 Å². The lowest BCUT2D eigenvalue weighted by Gasteiger charge is -2.32. The Morgan fingerprint density at radius 3 is 2.53 bits per heavy atom. The molecule has 3 heterocycles. The number of carbonyl (C=O) groups excluding carboxylic acids is 1. The van der Waals surface area contributed by atoms with E-state index in [1.165, 1.54) is 0 Å². The predicted octanol–water partition coefficient (Wildman–Crippen LogP) is 3.65. The number of nitrogens with one attached hydrogen (secondary N) is 1. The first-order chi connectivity index (χ1) is 15.7. The van der Waals surface area contributed by atoms with Gasteiger partial charge in [-0.25, -0.2) is 9.97 Å². The zero-order chi connectivity index (χ0) is 21.9. The molecule has 1 saturated heterocycles. The van der Waals surface area contributed by atoms with Gasteiger partial charge in [0.25, 0.3) is 5.88 Å². The Morgan fingerprint density at radius 1 is 1.06 bits per heavy atom. The molecule has 32 heavy (non-hydrogen) atoms. The highest BCUT2D eigenvalue weighted by Crippen LogP contribution is 2.34. The number of carbonyl (C=O) groups is 1. The van der Waals surface area contributed by atoms with Crippen molar-refractivity contribution in [1.29, 1.82) is 0 Å². The van der Waals surface area contributed by atoms with Gasteiger partial charge in [-0.15, -0.1) is 0 Å². The molecule has 0 saturated carbocycles. The smallest absolute Gasteiger partial charge is 0.258 e. The average Bonchev–Trinajstić information content (AvgIpc) is 2.84. The first-order valence-corrected chi connectivity index (χ1v) is 11.1. The number of ether oxygens (including phenoxy) is 3. The fraction of sp³-hybridized carbons (Fsp3) is 0.375. The van der Waals surface area contributed by atoms with E-state index in [1.807, 2.05) is 49.4 Å². The summed E-state index contributed by atoms with van der Waals surface area (Å²) in [5.74, 6) is 2.63. The largest absolute Gasteiger partial charge is 0.486 e. The van der Waals surface area contributed by atoms with E-state index in [9.17, 15) is 4.79 Å². The fourth-order valence-electron chi connectivity index (χ4n) is 4.13. The van der Waals surface area contributed by atoms with E-state index >= 15 is 0 Å². The van der Waals surface area contributed by atoms with E-state index in [2.05, 4.69) is 15.2 Å². The molecule has 0 aliphatic carbocycles. The van der Waals surface area contributed by atoms with Gasteiger partial charge in [0, 0.05) is 30.8 Å². The van der Waals surface area contributed by atoms with Crippen LogP contribution in [0.2, 0.25) is 0 Å². The molecule has 8 heteroatoms. The molecule has 3 aromatic rings. The zero-order valence-electron chi connectivity index (χ0n) is 18.0. The Labute approximate surface area is 186 Å². The lowest BCUT2D eigenvalue weighted by Crippen LogP contribution is -2.39. The highest BCUT2D eigenvalue weighted by molar-refractivity contribution is 5.93. The third-order valence-corrected chi connectivity index (χ3v) is 5.78. The van der Waals surface area contributed by atoms with E-state index < -0.39 is 0 Å². The number of hydrogen-bond donors (Lipinski definition) is 1. The molecule has 2 aliphatic heterocycles. The molecule has 0 unspecified atom stereocenters. The van der Waals surface area contributed by atoms with Crippen molar-refractivity contribution in [3.05, 3.63) is 42.5 Å². The number of nitrogens with zero attached hydrogens (tertiary/aromatic N) is 3. The Balaban J connectivity index is 1.26. The molecule has 2 aromatic carbocycles. The zero-order valence-corrected chi connectivity index (χ0v) is 18.0. The van der Waals surface area contributed by atoms with Crippen molar-refractivity contribution in [2.75, 3.05) is 43.1 Å². The van der Waals surface area contributed by atoms with E-state index in [0.29, 0.717) is 50.3 Å². The Hall–Kier alpha value is -3.55. The molecule has 0 bridgehead atoms. The maximum atomic E-state index is 12.9. The van der Waals surface area contributed by atoms with Gasteiger partial charge in [0.2, 0.25) is 5.91 Å². The van der Waals surface area contributed by atoms with Crippen LogP contribution in [0.15, 0.2) is 42.5 Å². The van der Waals surface area contributed by atoms with Crippen LogP contribution in [0.1, 0.15) is 19.8 Å². The lowest BCUT2D eigenvalue weighted by atomic mass is 9.95. The molecule has 1 N–H and O–H groups in total. The summed E-state index contributed by atoms with van der Waals surface area (Å²) in [6, 6.07) is 13.3. The summed E-state index contributed by atoms with van der Waals surface area (Å²) >= 11 is 0. The van der Waals surface area contributed by atoms with Crippen molar-refractivity contribution < 1.29 is 19.0 Å². The highest BCUT2D eigenvalue weighted by Gasteiger charge is 2.28. The van der Waals surface area contributed by atoms with Crippen molar-refractivity contribution in [2.45, 2.75) is 19.8 Å². The molecule has 0 radical (unpaired) electrons. The van der Waals surface area contributed by atoms with Crippen LogP contribution in [0.3, 0.4) is 0 Å². The van der Waals surface area contributed by atoms with Crippen LogP contribution in [-0.4, -0.2) is 48.8 Å². The van der Waals surface area contributed by atoms with Gasteiger partial charge >= 0.3 is 0 Å². The molecule has 2 aliphatic rings. The normalized spacial score (nSPS) is 16.1. The van der Waals surface area contributed by atoms with E-state index in [-0.39, 0.29) is 11.8 Å². The minimum absolute atomic E-state index is 0.0240. The second-order valence-electron chi connectivity index (χ2n) is 7.88. The SMILES string of the molecule is CCOc1nc2ccccc2nc1N1CCC(C(=O)Nc2ccc3c(c2)OCCO3)CC1. The van der Waals surface area contributed by atoms with Gasteiger partial charge in [0.1, 0.15) is 13.2 Å². The van der Waals surface area contributed by atoms with Gasteiger partial charge in [0.05, 0.1) is 17.6 Å². The standard InChI is InChI=1S/C24H26N4O4/c1-2-30-24-22(26-18-5-3-4-6-19(18)27-24)28-11-9-16(10-12-28)23(29)25-17-7-8-20-21(15-17)32-14-13-31-20/h3-8,15-16H,2,9-14H2,1H3,(H,25,29). The quantitative estimate of drug-likeness (QED) is 0.656. The third kappa shape index (κ3) is 4.12. The monoisotopic (exact) mass is 434 g/mol. The number of piperidine rings is 1. The number of fused-ring (bicyclic) bond motifs is 2. The van der Waals surface area contributed by atoms with E-state index in [0.717, 1.165) is 35.4 Å². The summed E-state index contributed by atoms with van der Waals surface area (Å²) in [5, 5.41) is 3.03. The first kappa shape index (κ1) is 20.4. The molecule has 1 fully saturated rings. The number of aromatic nitrogens is 2. The van der Waals surface area contributed by atoms with Gasteiger partial charge < -0.3 is 24.4 Å². The first-order valence-electron chi connectivity index (χ1n) is 11.1. The molecule has 1 aromatic heterocycles. The second-order valence-corrected chi connectivity index (χ2v) is 7.88. The molecule has 0 atom stereocenters. The van der Waals surface area contributed by atoms with Crippen LogP contribution in [0, 0.1) is 5.92 Å². The topological polar surface area (TPSA) is 85.8 Å². The van der Waals surface area contributed by atoms with Crippen LogP contribution in [-0.2, 0) is 4.79 Å². The number of para-hydroxylation sites is 2. The van der Waals surface area contributed by atoms with Crippen LogP contribution >= 0.6 is 0 Å². The average molecular weight is 434 g/mol. The van der Waals surface area contributed by atoms with Crippen molar-refractivity contribution in [2.24, 2.45) is 5.92 Å². The summed E-state index contributed by atoms with van der Waals surface area (Å²) in [6.07, 6.45) is 1.47. The number of hydrogen-bond acceptors (Lipinski definition) is 7. The highest BCUT2D eigenvalue weighted by atomic mass is 16.6. The maximum Gasteiger partial charge on any atom is 0.258 e.